The van der Waals surface area contributed by atoms with Gasteiger partial charge in [-0.05, 0) is 111 Å². The molecule has 1 aromatic heterocycles. The van der Waals surface area contributed by atoms with Crippen molar-refractivity contribution in [2.45, 2.75) is 37.8 Å². The highest BCUT2D eigenvalue weighted by Crippen LogP contribution is 2.33. The first kappa shape index (κ1) is 26.2. The van der Waals surface area contributed by atoms with Crippen LogP contribution in [0, 0.1) is 5.41 Å². The molecule has 0 spiro atoms. The zero-order chi connectivity index (χ0) is 26.5. The predicted molar refractivity (Wildman–Crippen MR) is 153 cm³/mol. The van der Waals surface area contributed by atoms with E-state index >= 15 is 0 Å². The Labute approximate surface area is 227 Å². The molecular formula is C29H35N5O3S. The molecule has 2 fully saturated rings. The van der Waals surface area contributed by atoms with Gasteiger partial charge in [0.2, 0.25) is 5.91 Å². The lowest BCUT2D eigenvalue weighted by atomic mass is 9.99. The van der Waals surface area contributed by atoms with E-state index in [4.69, 9.17) is 20.6 Å². The number of carbonyl (C=O) groups is 1. The summed E-state index contributed by atoms with van der Waals surface area (Å²) in [5.41, 5.74) is 9.84. The molecule has 2 aliphatic heterocycles. The Hall–Kier alpha value is -3.40. The van der Waals surface area contributed by atoms with Gasteiger partial charge in [0.1, 0.15) is 12.1 Å². The van der Waals surface area contributed by atoms with Gasteiger partial charge in [0.05, 0.1) is 12.8 Å². The van der Waals surface area contributed by atoms with Crippen molar-refractivity contribution in [1.82, 2.24) is 10.2 Å². The first-order valence-electron chi connectivity index (χ1n) is 13.1. The molecule has 38 heavy (non-hydrogen) atoms. The van der Waals surface area contributed by atoms with Gasteiger partial charge in [-0.1, -0.05) is 0 Å². The van der Waals surface area contributed by atoms with Crippen molar-refractivity contribution in [3.63, 3.8) is 0 Å². The van der Waals surface area contributed by atoms with E-state index < -0.39 is 0 Å². The number of thiophene rings is 1. The quantitative estimate of drug-likeness (QED) is 0.235. The molecule has 1 atom stereocenters. The Morgan fingerprint density at radius 3 is 2.63 bits per heavy atom. The number of hydrogen-bond donors (Lipinski definition) is 4. The number of amides is 1. The number of nitrogens with two attached hydrogens (primary N) is 1. The van der Waals surface area contributed by atoms with Gasteiger partial charge in [0.15, 0.2) is 11.5 Å². The Kier molecular flexibility index (Phi) is 8.26. The average Bonchev–Trinajstić information content (AvgIpc) is 3.66. The monoisotopic (exact) mass is 533 g/mol. The van der Waals surface area contributed by atoms with E-state index in [9.17, 15) is 4.79 Å². The molecule has 2 aromatic carbocycles. The Morgan fingerprint density at radius 2 is 1.92 bits per heavy atom. The van der Waals surface area contributed by atoms with E-state index in [2.05, 4.69) is 15.5 Å². The van der Waals surface area contributed by atoms with Crippen LogP contribution in [0.3, 0.4) is 0 Å². The maximum absolute atomic E-state index is 13.5. The predicted octanol–water partition coefficient (Wildman–Crippen LogP) is 4.66. The number of piperidine rings is 1. The van der Waals surface area contributed by atoms with Gasteiger partial charge in [-0.2, -0.15) is 11.3 Å². The summed E-state index contributed by atoms with van der Waals surface area (Å²) < 4.78 is 11.8. The van der Waals surface area contributed by atoms with E-state index in [1.165, 1.54) is 0 Å². The minimum atomic E-state index is -0.332. The van der Waals surface area contributed by atoms with Crippen LogP contribution in [-0.2, 0) is 4.79 Å². The molecule has 1 unspecified atom stereocenters. The van der Waals surface area contributed by atoms with Gasteiger partial charge in [0.25, 0.3) is 0 Å². The third-order valence-electron chi connectivity index (χ3n) is 7.24. The molecule has 200 valence electrons. The van der Waals surface area contributed by atoms with Crippen molar-refractivity contribution in [3.05, 3.63) is 69.9 Å². The van der Waals surface area contributed by atoms with E-state index in [1.54, 1.807) is 36.6 Å². The molecule has 8 nitrogen and oxygen atoms in total. The summed E-state index contributed by atoms with van der Waals surface area (Å²) in [6.45, 7) is 3.69. The van der Waals surface area contributed by atoms with Crippen molar-refractivity contribution in [3.8, 4) is 11.5 Å². The van der Waals surface area contributed by atoms with Crippen LogP contribution >= 0.6 is 11.3 Å². The molecule has 0 aliphatic carbocycles. The number of rotatable bonds is 9. The third-order valence-corrected chi connectivity index (χ3v) is 7.94. The van der Waals surface area contributed by atoms with E-state index in [0.29, 0.717) is 34.0 Å². The maximum Gasteiger partial charge on any atom is 0.246 e. The number of carbonyl (C=O) groups excluding carboxylic acids is 1. The molecule has 1 amide bonds. The Bertz CT molecular complexity index is 1270. The fourth-order valence-corrected chi connectivity index (χ4v) is 5.87. The zero-order valence-corrected chi connectivity index (χ0v) is 22.5. The summed E-state index contributed by atoms with van der Waals surface area (Å²) in [7, 11) is 1.60. The number of nitrogens with one attached hydrogen (secondary N) is 3. The smallest absolute Gasteiger partial charge is 0.246 e. The molecule has 9 heteroatoms. The van der Waals surface area contributed by atoms with Crippen molar-refractivity contribution < 1.29 is 14.3 Å². The van der Waals surface area contributed by atoms with Gasteiger partial charge in [-0.15, -0.1) is 0 Å². The van der Waals surface area contributed by atoms with Gasteiger partial charge in [0, 0.05) is 22.5 Å². The summed E-state index contributed by atoms with van der Waals surface area (Å²) in [6.07, 6.45) is 4.23. The largest absolute Gasteiger partial charge is 0.493 e. The van der Waals surface area contributed by atoms with Gasteiger partial charge in [-0.3, -0.25) is 15.1 Å². The first-order chi connectivity index (χ1) is 18.5. The van der Waals surface area contributed by atoms with Crippen LogP contribution in [0.25, 0.3) is 0 Å². The molecule has 0 radical (unpaired) electrons. The highest BCUT2D eigenvalue weighted by molar-refractivity contribution is 7.08. The van der Waals surface area contributed by atoms with Crippen LogP contribution in [0.1, 0.15) is 48.4 Å². The van der Waals surface area contributed by atoms with E-state index in [-0.39, 0.29) is 23.8 Å². The molecular weight excluding hydrogens is 498 g/mol. The first-order valence-corrected chi connectivity index (χ1v) is 14.1. The van der Waals surface area contributed by atoms with Gasteiger partial charge >= 0.3 is 0 Å². The summed E-state index contributed by atoms with van der Waals surface area (Å²) in [4.78, 5) is 15.7. The minimum Gasteiger partial charge on any atom is -0.493 e. The average molecular weight is 534 g/mol. The lowest BCUT2D eigenvalue weighted by molar-refractivity contribution is -0.121. The van der Waals surface area contributed by atoms with Crippen LogP contribution in [0.15, 0.2) is 53.2 Å². The molecule has 5 rings (SSSR count). The molecule has 0 saturated carbocycles. The lowest BCUT2D eigenvalue weighted by Crippen LogP contribution is -2.35. The second-order valence-corrected chi connectivity index (χ2v) is 10.6. The highest BCUT2D eigenvalue weighted by Gasteiger charge is 2.30. The number of likely N-dealkylation sites (tertiary alicyclic amines) is 1. The maximum atomic E-state index is 13.5. The molecule has 3 aromatic rings. The van der Waals surface area contributed by atoms with Crippen LogP contribution < -0.4 is 25.8 Å². The summed E-state index contributed by atoms with van der Waals surface area (Å²) in [5.74, 6) is 1.18. The van der Waals surface area contributed by atoms with Crippen molar-refractivity contribution in [2.24, 2.45) is 0 Å². The van der Waals surface area contributed by atoms with Gasteiger partial charge in [-0.25, -0.2) is 0 Å². The number of methoxy groups -OCH3 is 1. The Morgan fingerprint density at radius 1 is 1.13 bits per heavy atom. The fourth-order valence-electron chi connectivity index (χ4n) is 5.19. The molecule has 5 N–H and O–H groups in total. The number of nitrogens with zero attached hydrogens (tertiary/aromatic N) is 1. The van der Waals surface area contributed by atoms with E-state index in [0.717, 1.165) is 57.4 Å². The van der Waals surface area contributed by atoms with Crippen molar-refractivity contribution >= 4 is 34.3 Å². The highest BCUT2D eigenvalue weighted by atomic mass is 32.1. The standard InChI is InChI=1S/C29H35N5O3S/c1-36-26-16-19(4-7-25(26)37-22-8-11-32-12-9-22)27(31)23-17-21(5-6-24(23)30)33-29(35)28(20-10-15-38-18-20)34-13-2-3-14-34/h4-7,10,15-18,22,28,31-32H,2-3,8-9,11-14,30H2,1H3,(H,33,35). The summed E-state index contributed by atoms with van der Waals surface area (Å²) >= 11 is 1.60. The molecule has 3 heterocycles. The molecule has 0 bridgehead atoms. The number of ether oxygens (including phenoxy) is 2. The van der Waals surface area contributed by atoms with Crippen molar-refractivity contribution in [1.29, 1.82) is 5.41 Å². The zero-order valence-electron chi connectivity index (χ0n) is 21.7. The summed E-state index contributed by atoms with van der Waals surface area (Å²) in [6, 6.07) is 12.5. The van der Waals surface area contributed by atoms with Crippen LogP contribution in [-0.4, -0.2) is 55.9 Å². The Balaban J connectivity index is 1.34. The number of anilines is 2. The topological polar surface area (TPSA) is 113 Å². The summed E-state index contributed by atoms with van der Waals surface area (Å²) in [5, 5.41) is 19.4. The SMILES string of the molecule is COc1cc(C(=N)c2cc(NC(=O)C(c3ccsc3)N3CCCC3)ccc2N)ccc1OC1CCNCC1. The van der Waals surface area contributed by atoms with Crippen LogP contribution in [0.4, 0.5) is 11.4 Å². The number of hydrogen-bond acceptors (Lipinski definition) is 8. The van der Waals surface area contributed by atoms with E-state index in [1.807, 2.05) is 35.0 Å². The van der Waals surface area contributed by atoms with Crippen LogP contribution in [0.5, 0.6) is 11.5 Å². The molecule has 2 saturated heterocycles. The molecule has 2 aliphatic rings. The normalized spacial score (nSPS) is 17.2. The lowest BCUT2D eigenvalue weighted by Gasteiger charge is -2.26. The second kappa shape index (κ2) is 12.0. The number of nitrogen functional groups attached to an aromatic ring is 1. The van der Waals surface area contributed by atoms with Crippen molar-refractivity contribution in [2.75, 3.05) is 44.3 Å². The van der Waals surface area contributed by atoms with Gasteiger partial charge < -0.3 is 25.8 Å². The minimum absolute atomic E-state index is 0.0753. The number of benzene rings is 2. The third kappa shape index (κ3) is 5.85. The fraction of sp³-hybridized carbons (Fsp3) is 0.379. The second-order valence-electron chi connectivity index (χ2n) is 9.80. The van der Waals surface area contributed by atoms with Crippen LogP contribution in [0.2, 0.25) is 0 Å².